The molecule has 0 bridgehead atoms. The number of carbonyl (C=O) groups is 1. The Hall–Kier alpha value is -2.98. The summed E-state index contributed by atoms with van der Waals surface area (Å²) in [6.45, 7) is -0.187. The van der Waals surface area contributed by atoms with E-state index in [0.717, 1.165) is 52.6 Å². The van der Waals surface area contributed by atoms with E-state index in [1.54, 1.807) is 0 Å². The van der Waals surface area contributed by atoms with Crippen LogP contribution in [0, 0.1) is 0 Å². The molecule has 3 aromatic rings. The van der Waals surface area contributed by atoms with Crippen LogP contribution in [0.2, 0.25) is 0 Å². The van der Waals surface area contributed by atoms with E-state index in [2.05, 4.69) is 18.2 Å². The van der Waals surface area contributed by atoms with Gasteiger partial charge in [-0.2, -0.15) is 0 Å². The number of hydrogen-bond acceptors (Lipinski definition) is 4. The summed E-state index contributed by atoms with van der Waals surface area (Å²) in [5.74, 6) is -0.389. The molecule has 0 radical (unpaired) electrons. The number of benzene rings is 2. The maximum absolute atomic E-state index is 12.8. The number of allylic oxidation sites excluding steroid dienone is 1. The summed E-state index contributed by atoms with van der Waals surface area (Å²) in [7, 11) is 0. The van der Waals surface area contributed by atoms with Crippen LogP contribution >= 0.6 is 0 Å². The standard InChI is InChI=1S/C23H21NO3/c25-13-14-27-23(26)21-18-10-4-5-12-20(18)24-22-17(9-6-11-19(21)22)15-16-7-2-1-3-8-16/h1-5,7-8,10,12,15,25H,6,9,11,13-14H2/b17-15+. The summed E-state index contributed by atoms with van der Waals surface area (Å²) < 4.78 is 5.27. The number of fused-ring (bicyclic) bond motifs is 2. The third-order valence-corrected chi connectivity index (χ3v) is 4.84. The average molecular weight is 359 g/mol. The molecule has 0 saturated heterocycles. The highest BCUT2D eigenvalue weighted by Crippen LogP contribution is 2.36. The molecular formula is C23H21NO3. The fraction of sp³-hybridized carbons (Fsp3) is 0.217. The van der Waals surface area contributed by atoms with Gasteiger partial charge >= 0.3 is 5.97 Å². The van der Waals surface area contributed by atoms with Gasteiger partial charge in [-0.3, -0.25) is 0 Å². The van der Waals surface area contributed by atoms with Crippen molar-refractivity contribution < 1.29 is 14.6 Å². The number of hydrogen-bond donors (Lipinski definition) is 1. The fourth-order valence-electron chi connectivity index (χ4n) is 3.67. The maximum Gasteiger partial charge on any atom is 0.339 e. The first-order chi connectivity index (χ1) is 13.3. The van der Waals surface area contributed by atoms with Gasteiger partial charge in [0.05, 0.1) is 23.4 Å². The molecule has 1 aromatic heterocycles. The lowest BCUT2D eigenvalue weighted by Gasteiger charge is -2.22. The minimum Gasteiger partial charge on any atom is -0.460 e. The van der Waals surface area contributed by atoms with E-state index in [1.165, 1.54) is 0 Å². The number of carbonyl (C=O) groups excluding carboxylic acids is 1. The molecule has 0 saturated carbocycles. The third-order valence-electron chi connectivity index (χ3n) is 4.84. The molecule has 1 N–H and O–H groups in total. The zero-order chi connectivity index (χ0) is 18.6. The van der Waals surface area contributed by atoms with Crippen LogP contribution in [0.5, 0.6) is 0 Å². The first kappa shape index (κ1) is 17.4. The Kier molecular flexibility index (Phi) is 4.99. The number of esters is 1. The van der Waals surface area contributed by atoms with Gasteiger partial charge in [0.1, 0.15) is 6.61 Å². The largest absolute Gasteiger partial charge is 0.460 e. The van der Waals surface area contributed by atoms with Crippen LogP contribution < -0.4 is 0 Å². The topological polar surface area (TPSA) is 59.4 Å². The van der Waals surface area contributed by atoms with E-state index in [1.807, 2.05) is 42.5 Å². The molecule has 27 heavy (non-hydrogen) atoms. The van der Waals surface area contributed by atoms with Crippen molar-refractivity contribution in [1.29, 1.82) is 0 Å². The normalized spacial score (nSPS) is 14.9. The minimum absolute atomic E-state index is 0.00301. The second-order valence-electron chi connectivity index (χ2n) is 6.62. The number of aromatic nitrogens is 1. The van der Waals surface area contributed by atoms with Crippen molar-refractivity contribution in [1.82, 2.24) is 4.98 Å². The predicted octanol–water partition coefficient (Wildman–Crippen LogP) is 4.26. The molecule has 1 heterocycles. The van der Waals surface area contributed by atoms with Gasteiger partial charge in [-0.05, 0) is 48.1 Å². The fourth-order valence-corrected chi connectivity index (χ4v) is 3.67. The molecule has 0 atom stereocenters. The summed E-state index contributed by atoms with van der Waals surface area (Å²) in [4.78, 5) is 17.7. The van der Waals surface area contributed by atoms with Crippen LogP contribution in [-0.2, 0) is 11.2 Å². The van der Waals surface area contributed by atoms with Crippen molar-refractivity contribution in [2.24, 2.45) is 0 Å². The highest BCUT2D eigenvalue weighted by atomic mass is 16.5. The van der Waals surface area contributed by atoms with E-state index in [-0.39, 0.29) is 19.2 Å². The Morgan fingerprint density at radius 1 is 1.07 bits per heavy atom. The summed E-state index contributed by atoms with van der Waals surface area (Å²) in [5.41, 5.74) is 5.48. The van der Waals surface area contributed by atoms with Gasteiger partial charge in [0.15, 0.2) is 0 Å². The zero-order valence-electron chi connectivity index (χ0n) is 15.0. The Morgan fingerprint density at radius 3 is 2.67 bits per heavy atom. The van der Waals surface area contributed by atoms with Crippen molar-refractivity contribution in [3.8, 4) is 0 Å². The van der Waals surface area contributed by atoms with Crippen LogP contribution in [0.4, 0.5) is 0 Å². The molecule has 136 valence electrons. The number of ether oxygens (including phenoxy) is 1. The zero-order valence-corrected chi connectivity index (χ0v) is 15.0. The third kappa shape index (κ3) is 3.49. The van der Waals surface area contributed by atoms with Crippen LogP contribution in [0.15, 0.2) is 54.6 Å². The van der Waals surface area contributed by atoms with Crippen LogP contribution in [0.1, 0.15) is 40.0 Å². The smallest absolute Gasteiger partial charge is 0.339 e. The quantitative estimate of drug-likeness (QED) is 0.707. The van der Waals surface area contributed by atoms with Crippen LogP contribution in [0.3, 0.4) is 0 Å². The number of aliphatic hydroxyl groups is 1. The Balaban J connectivity index is 1.90. The molecule has 1 aliphatic rings. The first-order valence-electron chi connectivity index (χ1n) is 9.23. The number of para-hydroxylation sites is 1. The van der Waals surface area contributed by atoms with Gasteiger partial charge in [-0.1, -0.05) is 48.5 Å². The number of nitrogens with zero attached hydrogens (tertiary/aromatic N) is 1. The number of pyridine rings is 1. The summed E-state index contributed by atoms with van der Waals surface area (Å²) >= 11 is 0. The molecular weight excluding hydrogens is 338 g/mol. The molecule has 4 heteroatoms. The predicted molar refractivity (Wildman–Crippen MR) is 106 cm³/mol. The summed E-state index contributed by atoms with van der Waals surface area (Å²) in [5, 5.41) is 9.83. The van der Waals surface area contributed by atoms with E-state index in [9.17, 15) is 4.79 Å². The van der Waals surface area contributed by atoms with Gasteiger partial charge in [-0.25, -0.2) is 9.78 Å². The molecule has 2 aromatic carbocycles. The maximum atomic E-state index is 12.8. The molecule has 0 amide bonds. The van der Waals surface area contributed by atoms with Crippen LogP contribution in [0.25, 0.3) is 22.6 Å². The lowest BCUT2D eigenvalue weighted by atomic mass is 9.86. The number of aliphatic hydroxyl groups excluding tert-OH is 1. The van der Waals surface area contributed by atoms with Gasteiger partial charge in [0.25, 0.3) is 0 Å². The van der Waals surface area contributed by atoms with Crippen molar-refractivity contribution >= 4 is 28.5 Å². The SMILES string of the molecule is O=C(OCCO)c1c2c(nc3ccccc13)/C(=C/c1ccccc1)CCC2. The van der Waals surface area contributed by atoms with E-state index >= 15 is 0 Å². The van der Waals surface area contributed by atoms with Gasteiger partial charge in [0, 0.05) is 5.39 Å². The van der Waals surface area contributed by atoms with Gasteiger partial charge in [0.2, 0.25) is 0 Å². The van der Waals surface area contributed by atoms with Crippen molar-refractivity contribution in [2.45, 2.75) is 19.3 Å². The number of rotatable bonds is 4. The van der Waals surface area contributed by atoms with E-state index in [4.69, 9.17) is 14.8 Å². The molecule has 0 aliphatic heterocycles. The molecule has 4 nitrogen and oxygen atoms in total. The second-order valence-corrected chi connectivity index (χ2v) is 6.62. The minimum atomic E-state index is -0.389. The Morgan fingerprint density at radius 2 is 1.85 bits per heavy atom. The highest BCUT2D eigenvalue weighted by Gasteiger charge is 2.25. The Labute approximate surface area is 158 Å². The second kappa shape index (κ2) is 7.72. The van der Waals surface area contributed by atoms with Crippen molar-refractivity contribution in [3.63, 3.8) is 0 Å². The summed E-state index contributed by atoms with van der Waals surface area (Å²) in [6, 6.07) is 17.8. The monoisotopic (exact) mass is 359 g/mol. The lowest BCUT2D eigenvalue weighted by molar-refractivity contribution is 0.0434. The molecule has 0 spiro atoms. The molecule has 4 rings (SSSR count). The average Bonchev–Trinajstić information content (AvgIpc) is 2.71. The molecule has 1 aliphatic carbocycles. The van der Waals surface area contributed by atoms with Gasteiger partial charge in [-0.15, -0.1) is 0 Å². The van der Waals surface area contributed by atoms with E-state index in [0.29, 0.717) is 5.56 Å². The van der Waals surface area contributed by atoms with Crippen molar-refractivity contribution in [2.75, 3.05) is 13.2 Å². The molecule has 0 unspecified atom stereocenters. The van der Waals surface area contributed by atoms with E-state index < -0.39 is 0 Å². The first-order valence-corrected chi connectivity index (χ1v) is 9.23. The molecule has 0 fully saturated rings. The lowest BCUT2D eigenvalue weighted by Crippen LogP contribution is -2.16. The Bertz CT molecular complexity index is 1010. The van der Waals surface area contributed by atoms with Crippen LogP contribution in [-0.4, -0.2) is 29.3 Å². The van der Waals surface area contributed by atoms with Gasteiger partial charge < -0.3 is 9.84 Å². The highest BCUT2D eigenvalue weighted by molar-refractivity contribution is 6.06. The van der Waals surface area contributed by atoms with Crippen molar-refractivity contribution in [3.05, 3.63) is 77.0 Å². The summed E-state index contributed by atoms with van der Waals surface area (Å²) in [6.07, 6.45) is 4.84.